The van der Waals surface area contributed by atoms with Gasteiger partial charge in [-0.15, -0.1) is 0 Å². The minimum atomic E-state index is 0.282. The van der Waals surface area contributed by atoms with E-state index >= 15 is 0 Å². The molecule has 0 atom stereocenters. The molecule has 16 heavy (non-hydrogen) atoms. The Morgan fingerprint density at radius 3 is 2.69 bits per heavy atom. The zero-order valence-corrected chi connectivity index (χ0v) is 8.82. The molecular formula is C13H11NO2. The number of fused-ring (bicyclic) bond motifs is 3. The van der Waals surface area contributed by atoms with Crippen molar-refractivity contribution in [2.45, 2.75) is 0 Å². The number of hydrogen-bond acceptors (Lipinski definition) is 2. The summed E-state index contributed by atoms with van der Waals surface area (Å²) in [5.74, 6) is 1.10. The third-order valence-electron chi connectivity index (χ3n) is 2.79. The maximum atomic E-state index is 9.47. The molecule has 3 nitrogen and oxygen atoms in total. The third kappa shape index (κ3) is 1.21. The molecule has 2 N–H and O–H groups in total. The van der Waals surface area contributed by atoms with E-state index in [0.717, 1.165) is 27.6 Å². The van der Waals surface area contributed by atoms with Gasteiger partial charge in [0.05, 0.1) is 12.6 Å². The number of benzene rings is 2. The van der Waals surface area contributed by atoms with Crippen LogP contribution in [-0.2, 0) is 0 Å². The zero-order valence-electron chi connectivity index (χ0n) is 8.82. The largest absolute Gasteiger partial charge is 0.508 e. The molecule has 0 saturated heterocycles. The summed E-state index contributed by atoms with van der Waals surface area (Å²) >= 11 is 0. The van der Waals surface area contributed by atoms with Crippen molar-refractivity contribution >= 4 is 21.8 Å². The number of hydrogen-bond donors (Lipinski definition) is 2. The van der Waals surface area contributed by atoms with Crippen LogP contribution < -0.4 is 4.74 Å². The van der Waals surface area contributed by atoms with Gasteiger partial charge >= 0.3 is 0 Å². The average Bonchev–Trinajstić information content (AvgIpc) is 2.66. The summed E-state index contributed by atoms with van der Waals surface area (Å²) in [6.07, 6.45) is 0. The Balaban J connectivity index is 2.41. The molecule has 0 bridgehead atoms. The molecule has 3 aromatic rings. The van der Waals surface area contributed by atoms with Crippen molar-refractivity contribution in [3.8, 4) is 11.5 Å². The maximum absolute atomic E-state index is 9.47. The number of aromatic nitrogens is 1. The molecule has 0 saturated carbocycles. The van der Waals surface area contributed by atoms with Crippen LogP contribution in [0.2, 0.25) is 0 Å². The van der Waals surface area contributed by atoms with E-state index in [1.165, 1.54) is 0 Å². The number of phenols is 1. The second kappa shape index (κ2) is 3.17. The molecule has 3 heteroatoms. The summed E-state index contributed by atoms with van der Waals surface area (Å²) < 4.78 is 5.17. The topological polar surface area (TPSA) is 45.2 Å². The lowest BCUT2D eigenvalue weighted by atomic mass is 10.1. The Kier molecular flexibility index (Phi) is 1.80. The van der Waals surface area contributed by atoms with Gasteiger partial charge in [0, 0.05) is 22.4 Å². The predicted molar refractivity (Wildman–Crippen MR) is 64.0 cm³/mol. The number of methoxy groups -OCH3 is 1. The highest BCUT2D eigenvalue weighted by Crippen LogP contribution is 2.30. The van der Waals surface area contributed by atoms with Crippen LogP contribution in [0.25, 0.3) is 21.8 Å². The number of rotatable bonds is 1. The molecule has 80 valence electrons. The van der Waals surface area contributed by atoms with Crippen LogP contribution in [0.4, 0.5) is 0 Å². The van der Waals surface area contributed by atoms with E-state index in [0.29, 0.717) is 0 Å². The minimum Gasteiger partial charge on any atom is -0.508 e. The molecule has 0 aliphatic heterocycles. The lowest BCUT2D eigenvalue weighted by Crippen LogP contribution is -1.80. The summed E-state index contributed by atoms with van der Waals surface area (Å²) in [5.41, 5.74) is 2.03. The fourth-order valence-electron chi connectivity index (χ4n) is 2.00. The highest BCUT2D eigenvalue weighted by molar-refractivity contribution is 6.07. The Hall–Kier alpha value is -2.16. The van der Waals surface area contributed by atoms with Crippen LogP contribution in [0.5, 0.6) is 11.5 Å². The molecule has 0 radical (unpaired) electrons. The first kappa shape index (κ1) is 9.09. The molecule has 0 aliphatic carbocycles. The van der Waals surface area contributed by atoms with E-state index in [1.807, 2.05) is 24.3 Å². The Morgan fingerprint density at radius 2 is 1.88 bits per heavy atom. The standard InChI is InChI=1S/C13H11NO2/c1-16-9-3-4-10-11-6-8(15)2-5-12(11)14-13(10)7-9/h2-7,14-15H,1H3. The summed E-state index contributed by atoms with van der Waals surface area (Å²) in [6.45, 7) is 0. The van der Waals surface area contributed by atoms with Crippen LogP contribution in [0, 0.1) is 0 Å². The van der Waals surface area contributed by atoms with Crippen LogP contribution in [0.1, 0.15) is 0 Å². The molecule has 1 aromatic heterocycles. The van der Waals surface area contributed by atoms with E-state index in [1.54, 1.807) is 19.2 Å². The van der Waals surface area contributed by atoms with Crippen molar-refractivity contribution in [1.29, 1.82) is 0 Å². The number of phenolic OH excluding ortho intramolecular Hbond substituents is 1. The number of H-pyrrole nitrogens is 1. The van der Waals surface area contributed by atoms with Gasteiger partial charge in [0.1, 0.15) is 11.5 Å². The molecule has 0 fully saturated rings. The van der Waals surface area contributed by atoms with E-state index in [4.69, 9.17) is 4.74 Å². The number of aromatic hydroxyl groups is 1. The number of nitrogens with one attached hydrogen (secondary N) is 1. The van der Waals surface area contributed by atoms with Gasteiger partial charge in [0.15, 0.2) is 0 Å². The van der Waals surface area contributed by atoms with Crippen molar-refractivity contribution in [3.63, 3.8) is 0 Å². The summed E-state index contributed by atoms with van der Waals surface area (Å²) in [4.78, 5) is 3.29. The predicted octanol–water partition coefficient (Wildman–Crippen LogP) is 3.04. The monoisotopic (exact) mass is 213 g/mol. The lowest BCUT2D eigenvalue weighted by molar-refractivity contribution is 0.415. The van der Waals surface area contributed by atoms with Crippen LogP contribution >= 0.6 is 0 Å². The normalized spacial score (nSPS) is 11.1. The van der Waals surface area contributed by atoms with Gasteiger partial charge in [0.2, 0.25) is 0 Å². The smallest absolute Gasteiger partial charge is 0.120 e. The van der Waals surface area contributed by atoms with Gasteiger partial charge in [-0.3, -0.25) is 0 Å². The van der Waals surface area contributed by atoms with Gasteiger partial charge in [-0.2, -0.15) is 0 Å². The summed E-state index contributed by atoms with van der Waals surface area (Å²) in [5, 5.41) is 11.6. The molecule has 0 spiro atoms. The first-order valence-corrected chi connectivity index (χ1v) is 5.06. The van der Waals surface area contributed by atoms with Crippen LogP contribution in [0.3, 0.4) is 0 Å². The van der Waals surface area contributed by atoms with Gasteiger partial charge in [0.25, 0.3) is 0 Å². The van der Waals surface area contributed by atoms with Crippen molar-refractivity contribution in [1.82, 2.24) is 4.98 Å². The summed E-state index contributed by atoms with van der Waals surface area (Å²) in [7, 11) is 1.65. The summed E-state index contributed by atoms with van der Waals surface area (Å²) in [6, 6.07) is 11.2. The average molecular weight is 213 g/mol. The molecule has 0 unspecified atom stereocenters. The SMILES string of the molecule is COc1ccc2c(c1)[nH]c1ccc(O)cc12. The molecule has 3 rings (SSSR count). The second-order valence-electron chi connectivity index (χ2n) is 3.77. The fourth-order valence-corrected chi connectivity index (χ4v) is 2.00. The van der Waals surface area contributed by atoms with E-state index in [9.17, 15) is 5.11 Å². The Morgan fingerprint density at radius 1 is 1.00 bits per heavy atom. The van der Waals surface area contributed by atoms with Gasteiger partial charge in [-0.25, -0.2) is 0 Å². The quantitative estimate of drug-likeness (QED) is 0.652. The van der Waals surface area contributed by atoms with Crippen LogP contribution in [-0.4, -0.2) is 17.2 Å². The van der Waals surface area contributed by atoms with Crippen molar-refractivity contribution < 1.29 is 9.84 Å². The third-order valence-corrected chi connectivity index (χ3v) is 2.79. The molecule has 0 amide bonds. The first-order valence-electron chi connectivity index (χ1n) is 5.06. The minimum absolute atomic E-state index is 0.282. The molecule has 0 aliphatic rings. The molecular weight excluding hydrogens is 202 g/mol. The molecule has 1 heterocycles. The van der Waals surface area contributed by atoms with E-state index in [2.05, 4.69) is 4.98 Å². The van der Waals surface area contributed by atoms with E-state index < -0.39 is 0 Å². The highest BCUT2D eigenvalue weighted by Gasteiger charge is 2.05. The molecule has 2 aromatic carbocycles. The van der Waals surface area contributed by atoms with Crippen molar-refractivity contribution in [3.05, 3.63) is 36.4 Å². The van der Waals surface area contributed by atoms with Gasteiger partial charge in [-0.1, -0.05) is 0 Å². The van der Waals surface area contributed by atoms with Crippen LogP contribution in [0.15, 0.2) is 36.4 Å². The first-order chi connectivity index (χ1) is 7.78. The van der Waals surface area contributed by atoms with Crippen molar-refractivity contribution in [2.75, 3.05) is 7.11 Å². The second-order valence-corrected chi connectivity index (χ2v) is 3.77. The van der Waals surface area contributed by atoms with Crippen molar-refractivity contribution in [2.24, 2.45) is 0 Å². The zero-order chi connectivity index (χ0) is 11.1. The van der Waals surface area contributed by atoms with Gasteiger partial charge in [-0.05, 0) is 30.3 Å². The maximum Gasteiger partial charge on any atom is 0.120 e. The van der Waals surface area contributed by atoms with E-state index in [-0.39, 0.29) is 5.75 Å². The van der Waals surface area contributed by atoms with Gasteiger partial charge < -0.3 is 14.8 Å². The Labute approximate surface area is 92.3 Å². The number of aromatic amines is 1. The number of ether oxygens (including phenoxy) is 1. The fraction of sp³-hybridized carbons (Fsp3) is 0.0769. The Bertz CT molecular complexity index is 670. The lowest BCUT2D eigenvalue weighted by Gasteiger charge is -1.98. The highest BCUT2D eigenvalue weighted by atomic mass is 16.5.